The lowest BCUT2D eigenvalue weighted by atomic mass is 9.76. The van der Waals surface area contributed by atoms with Crippen LogP contribution >= 0.6 is 0 Å². The molecule has 5 heteroatoms. The van der Waals surface area contributed by atoms with Gasteiger partial charge in [-0.05, 0) is 44.4 Å². The minimum absolute atomic E-state index is 0.0929. The maximum Gasteiger partial charge on any atom is 0.315 e. The standard InChI is InChI=1S/C12H22N4O/c1-8-4-6-12(7-5-8,10(13)14)16-11(17)15-9-2-3-9/h8-9H,2-7H2,1H3,(H3,13,14)(H2,15,16,17). The molecule has 2 aliphatic rings. The first kappa shape index (κ1) is 12.2. The molecule has 0 heterocycles. The molecule has 2 rings (SSSR count). The number of nitrogens with two attached hydrogens (primary N) is 1. The first-order chi connectivity index (χ1) is 8.02. The third-order valence-electron chi connectivity index (χ3n) is 3.91. The van der Waals surface area contributed by atoms with E-state index in [0.29, 0.717) is 12.0 Å². The van der Waals surface area contributed by atoms with E-state index in [1.165, 1.54) is 0 Å². The Hall–Kier alpha value is -1.26. The Bertz CT molecular complexity index is 316. The molecule has 5 N–H and O–H groups in total. The Kier molecular flexibility index (Phi) is 3.26. The van der Waals surface area contributed by atoms with Gasteiger partial charge in [-0.25, -0.2) is 4.79 Å². The van der Waals surface area contributed by atoms with Crippen LogP contribution in [0.4, 0.5) is 4.79 Å². The van der Waals surface area contributed by atoms with Crippen molar-refractivity contribution in [1.29, 1.82) is 5.41 Å². The molecule has 2 aliphatic carbocycles. The van der Waals surface area contributed by atoms with E-state index in [4.69, 9.17) is 11.1 Å². The Balaban J connectivity index is 1.95. The van der Waals surface area contributed by atoms with Gasteiger partial charge in [0.1, 0.15) is 5.84 Å². The Morgan fingerprint density at radius 1 is 1.29 bits per heavy atom. The molecule has 0 aliphatic heterocycles. The minimum Gasteiger partial charge on any atom is -0.386 e. The van der Waals surface area contributed by atoms with E-state index in [1.54, 1.807) is 0 Å². The van der Waals surface area contributed by atoms with Crippen molar-refractivity contribution in [2.75, 3.05) is 0 Å². The highest BCUT2D eigenvalue weighted by molar-refractivity contribution is 5.92. The summed E-state index contributed by atoms with van der Waals surface area (Å²) in [6, 6.07) is 0.166. The van der Waals surface area contributed by atoms with Gasteiger partial charge in [-0.1, -0.05) is 6.92 Å². The summed E-state index contributed by atoms with van der Waals surface area (Å²) in [7, 11) is 0. The average molecular weight is 238 g/mol. The van der Waals surface area contributed by atoms with E-state index >= 15 is 0 Å². The fourth-order valence-electron chi connectivity index (χ4n) is 2.38. The number of nitrogens with one attached hydrogen (secondary N) is 3. The van der Waals surface area contributed by atoms with E-state index in [0.717, 1.165) is 38.5 Å². The highest BCUT2D eigenvalue weighted by Gasteiger charge is 2.39. The largest absolute Gasteiger partial charge is 0.386 e. The Morgan fingerprint density at radius 2 is 1.88 bits per heavy atom. The lowest BCUT2D eigenvalue weighted by Gasteiger charge is -2.39. The number of hydrogen-bond donors (Lipinski definition) is 4. The molecule has 2 saturated carbocycles. The van der Waals surface area contributed by atoms with Crippen LogP contribution in [0.25, 0.3) is 0 Å². The molecule has 5 nitrogen and oxygen atoms in total. The summed E-state index contributed by atoms with van der Waals surface area (Å²) in [5, 5.41) is 13.5. The van der Waals surface area contributed by atoms with E-state index < -0.39 is 5.54 Å². The van der Waals surface area contributed by atoms with Gasteiger partial charge in [0.15, 0.2) is 0 Å². The molecule has 0 atom stereocenters. The van der Waals surface area contributed by atoms with Crippen molar-refractivity contribution >= 4 is 11.9 Å². The smallest absolute Gasteiger partial charge is 0.315 e. The third kappa shape index (κ3) is 2.90. The van der Waals surface area contributed by atoms with E-state index in [-0.39, 0.29) is 11.9 Å². The summed E-state index contributed by atoms with van der Waals surface area (Å²) in [5.74, 6) is 0.756. The second kappa shape index (κ2) is 4.55. The monoisotopic (exact) mass is 238 g/mol. The maximum atomic E-state index is 11.8. The van der Waals surface area contributed by atoms with Crippen LogP contribution in [-0.4, -0.2) is 23.4 Å². The number of amides is 2. The summed E-state index contributed by atoms with van der Waals surface area (Å²) in [5.41, 5.74) is 5.08. The highest BCUT2D eigenvalue weighted by Crippen LogP contribution is 2.32. The van der Waals surface area contributed by atoms with Gasteiger partial charge in [0.25, 0.3) is 0 Å². The van der Waals surface area contributed by atoms with Crippen LogP contribution in [0.15, 0.2) is 0 Å². The topological polar surface area (TPSA) is 91.0 Å². The fourth-order valence-corrected chi connectivity index (χ4v) is 2.38. The molecule has 0 aromatic heterocycles. The Morgan fingerprint density at radius 3 is 2.35 bits per heavy atom. The van der Waals surface area contributed by atoms with Gasteiger partial charge in [0.2, 0.25) is 0 Å². The predicted octanol–water partition coefficient (Wildman–Crippen LogP) is 1.33. The lowest BCUT2D eigenvalue weighted by Crippen LogP contribution is -2.60. The van der Waals surface area contributed by atoms with Crippen LogP contribution in [0.2, 0.25) is 0 Å². The zero-order chi connectivity index (χ0) is 12.5. The van der Waals surface area contributed by atoms with Gasteiger partial charge in [0.05, 0.1) is 5.54 Å². The zero-order valence-corrected chi connectivity index (χ0v) is 10.4. The molecule has 2 fully saturated rings. The number of amidine groups is 1. The summed E-state index contributed by atoms with van der Waals surface area (Å²) < 4.78 is 0. The van der Waals surface area contributed by atoms with Crippen LogP contribution in [0.3, 0.4) is 0 Å². The molecule has 0 aromatic carbocycles. The molecular formula is C12H22N4O. The number of carbonyl (C=O) groups is 1. The first-order valence-electron chi connectivity index (χ1n) is 6.45. The third-order valence-corrected chi connectivity index (χ3v) is 3.91. The predicted molar refractivity (Wildman–Crippen MR) is 67.0 cm³/mol. The van der Waals surface area contributed by atoms with Gasteiger partial charge in [-0.2, -0.15) is 0 Å². The van der Waals surface area contributed by atoms with Crippen molar-refractivity contribution in [3.8, 4) is 0 Å². The quantitative estimate of drug-likeness (QED) is 0.441. The van der Waals surface area contributed by atoms with Crippen molar-refractivity contribution in [3.63, 3.8) is 0 Å². The average Bonchev–Trinajstić information content (AvgIpc) is 3.05. The van der Waals surface area contributed by atoms with E-state index in [1.807, 2.05) is 0 Å². The fraction of sp³-hybridized carbons (Fsp3) is 0.833. The normalized spacial score (nSPS) is 32.9. The SMILES string of the molecule is CC1CCC(NC(=O)NC2CC2)(C(=N)N)CC1. The number of carbonyl (C=O) groups excluding carboxylic acids is 1. The van der Waals surface area contributed by atoms with Crippen molar-refractivity contribution in [1.82, 2.24) is 10.6 Å². The zero-order valence-electron chi connectivity index (χ0n) is 10.4. The molecule has 0 bridgehead atoms. The van der Waals surface area contributed by atoms with Crippen molar-refractivity contribution < 1.29 is 4.79 Å². The van der Waals surface area contributed by atoms with Crippen LogP contribution in [-0.2, 0) is 0 Å². The molecule has 96 valence electrons. The van der Waals surface area contributed by atoms with Crippen LogP contribution < -0.4 is 16.4 Å². The highest BCUT2D eigenvalue weighted by atomic mass is 16.2. The number of hydrogen-bond acceptors (Lipinski definition) is 2. The first-order valence-corrected chi connectivity index (χ1v) is 6.45. The van der Waals surface area contributed by atoms with Crippen LogP contribution in [0.5, 0.6) is 0 Å². The summed E-state index contributed by atoms with van der Waals surface area (Å²) in [4.78, 5) is 11.8. The summed E-state index contributed by atoms with van der Waals surface area (Å²) in [6.45, 7) is 2.20. The Labute approximate surface area is 102 Å². The van der Waals surface area contributed by atoms with E-state index in [9.17, 15) is 4.79 Å². The van der Waals surface area contributed by atoms with E-state index in [2.05, 4.69) is 17.6 Å². The maximum absolute atomic E-state index is 11.8. The molecule has 17 heavy (non-hydrogen) atoms. The van der Waals surface area contributed by atoms with Crippen molar-refractivity contribution in [2.24, 2.45) is 11.7 Å². The van der Waals surface area contributed by atoms with Crippen molar-refractivity contribution in [2.45, 2.75) is 57.0 Å². The van der Waals surface area contributed by atoms with Gasteiger partial charge < -0.3 is 16.4 Å². The second-order valence-electron chi connectivity index (χ2n) is 5.55. The lowest BCUT2D eigenvalue weighted by molar-refractivity contribution is 0.215. The van der Waals surface area contributed by atoms with Gasteiger partial charge in [-0.15, -0.1) is 0 Å². The molecule has 0 aromatic rings. The molecule has 0 unspecified atom stereocenters. The van der Waals surface area contributed by atoms with Gasteiger partial charge in [0, 0.05) is 6.04 Å². The van der Waals surface area contributed by atoms with Crippen molar-refractivity contribution in [3.05, 3.63) is 0 Å². The second-order valence-corrected chi connectivity index (χ2v) is 5.55. The minimum atomic E-state index is -0.606. The molecule has 2 amide bonds. The van der Waals surface area contributed by atoms with Gasteiger partial charge >= 0.3 is 6.03 Å². The molecular weight excluding hydrogens is 216 g/mol. The summed E-state index contributed by atoms with van der Waals surface area (Å²) >= 11 is 0. The number of urea groups is 1. The van der Waals surface area contributed by atoms with Crippen LogP contribution in [0.1, 0.15) is 45.4 Å². The molecule has 0 radical (unpaired) electrons. The van der Waals surface area contributed by atoms with Gasteiger partial charge in [-0.3, -0.25) is 5.41 Å². The molecule has 0 spiro atoms. The summed E-state index contributed by atoms with van der Waals surface area (Å²) in [6.07, 6.45) is 5.73. The number of rotatable bonds is 3. The van der Waals surface area contributed by atoms with Crippen LogP contribution in [0, 0.1) is 11.3 Å². The molecule has 0 saturated heterocycles.